The molecule has 0 saturated heterocycles. The van der Waals surface area contributed by atoms with Gasteiger partial charge in [-0.3, -0.25) is 0 Å². The number of hydrogen-bond donors (Lipinski definition) is 3. The minimum atomic E-state index is -0.317. The average molecular weight is 336 g/mol. The van der Waals surface area contributed by atoms with Gasteiger partial charge in [-0.25, -0.2) is 4.79 Å². The van der Waals surface area contributed by atoms with Gasteiger partial charge in [-0.05, 0) is 26.2 Å². The maximum absolute atomic E-state index is 10.9. The van der Waals surface area contributed by atoms with Crippen molar-refractivity contribution in [3.8, 4) is 0 Å². The normalized spacial score (nSPS) is 9.91. The van der Waals surface area contributed by atoms with Crippen LogP contribution in [0.3, 0.4) is 0 Å². The van der Waals surface area contributed by atoms with Crippen molar-refractivity contribution in [1.82, 2.24) is 0 Å². The van der Waals surface area contributed by atoms with E-state index in [0.717, 1.165) is 25.7 Å². The number of aliphatic hydroxyl groups excluding tert-OH is 3. The highest BCUT2D eigenvalue weighted by Gasteiger charge is 2.01. The van der Waals surface area contributed by atoms with E-state index in [4.69, 9.17) is 29.5 Å². The van der Waals surface area contributed by atoms with Crippen LogP contribution in [0, 0.1) is 0 Å². The van der Waals surface area contributed by atoms with Gasteiger partial charge in [0.25, 0.3) is 0 Å². The molecule has 0 rings (SSSR count). The number of hydrogen-bond acceptors (Lipinski definition) is 7. The number of ether oxygens (including phenoxy) is 3. The standard InChI is InChI=1S/C10H18O3.C6H14O4/c1-9(2)10(12)13-8-6-4-3-5-7-11;7-1-3-9-5-6-10-4-2-8/h11H,1,3-8H2,2H3;7-8H,1-6H2. The second-order valence-electron chi connectivity index (χ2n) is 4.73. The van der Waals surface area contributed by atoms with Gasteiger partial charge in [0.15, 0.2) is 0 Å². The Morgan fingerprint density at radius 2 is 1.30 bits per heavy atom. The number of carbonyl (C=O) groups is 1. The van der Waals surface area contributed by atoms with E-state index in [0.29, 0.717) is 38.6 Å². The quantitative estimate of drug-likeness (QED) is 0.243. The van der Waals surface area contributed by atoms with Gasteiger partial charge in [0.1, 0.15) is 0 Å². The predicted octanol–water partition coefficient (Wildman–Crippen LogP) is 0.663. The van der Waals surface area contributed by atoms with E-state index in [-0.39, 0.29) is 25.8 Å². The predicted molar refractivity (Wildman–Crippen MR) is 87.1 cm³/mol. The molecule has 0 aromatic carbocycles. The molecule has 138 valence electrons. The molecule has 0 aliphatic heterocycles. The number of esters is 1. The van der Waals surface area contributed by atoms with Crippen molar-refractivity contribution in [3.05, 3.63) is 12.2 Å². The average Bonchev–Trinajstić information content (AvgIpc) is 2.54. The lowest BCUT2D eigenvalue weighted by atomic mass is 10.2. The molecule has 7 nitrogen and oxygen atoms in total. The van der Waals surface area contributed by atoms with E-state index >= 15 is 0 Å². The minimum absolute atomic E-state index is 0.0417. The third kappa shape index (κ3) is 23.4. The summed E-state index contributed by atoms with van der Waals surface area (Å²) in [6.07, 6.45) is 3.67. The van der Waals surface area contributed by atoms with Crippen LogP contribution in [0.4, 0.5) is 0 Å². The molecule has 0 unspecified atom stereocenters. The van der Waals surface area contributed by atoms with Crippen LogP contribution in [0.2, 0.25) is 0 Å². The SMILES string of the molecule is C=C(C)C(=O)OCCCCCCO.OCCOCCOCCO. The molecule has 0 aliphatic carbocycles. The highest BCUT2D eigenvalue weighted by molar-refractivity contribution is 5.86. The molecular weight excluding hydrogens is 304 g/mol. The highest BCUT2D eigenvalue weighted by Crippen LogP contribution is 2.00. The van der Waals surface area contributed by atoms with Crippen LogP contribution in [0.5, 0.6) is 0 Å². The summed E-state index contributed by atoms with van der Waals surface area (Å²) in [5.74, 6) is -0.317. The first-order valence-electron chi connectivity index (χ1n) is 7.90. The Balaban J connectivity index is 0. The Morgan fingerprint density at radius 3 is 1.74 bits per heavy atom. The molecule has 0 bridgehead atoms. The molecule has 0 radical (unpaired) electrons. The zero-order valence-corrected chi connectivity index (χ0v) is 14.2. The summed E-state index contributed by atoms with van der Waals surface area (Å²) < 4.78 is 14.6. The number of unbranched alkanes of at least 4 members (excludes halogenated alkanes) is 3. The Kier molecular flexibility index (Phi) is 22.2. The first-order valence-corrected chi connectivity index (χ1v) is 7.90. The molecule has 0 aliphatic rings. The van der Waals surface area contributed by atoms with Crippen molar-refractivity contribution in [2.24, 2.45) is 0 Å². The van der Waals surface area contributed by atoms with Gasteiger partial charge in [0, 0.05) is 12.2 Å². The lowest BCUT2D eigenvalue weighted by molar-refractivity contribution is -0.139. The van der Waals surface area contributed by atoms with Crippen molar-refractivity contribution < 1.29 is 34.3 Å². The second kappa shape index (κ2) is 21.0. The van der Waals surface area contributed by atoms with Crippen LogP contribution >= 0.6 is 0 Å². The van der Waals surface area contributed by atoms with E-state index in [1.165, 1.54) is 0 Å². The van der Waals surface area contributed by atoms with Crippen molar-refractivity contribution in [2.75, 3.05) is 52.9 Å². The molecule has 0 saturated carbocycles. The van der Waals surface area contributed by atoms with E-state index in [2.05, 4.69) is 6.58 Å². The lowest BCUT2D eigenvalue weighted by Gasteiger charge is -2.03. The summed E-state index contributed by atoms with van der Waals surface area (Å²) in [6, 6.07) is 0. The van der Waals surface area contributed by atoms with Crippen LogP contribution in [0.15, 0.2) is 12.2 Å². The van der Waals surface area contributed by atoms with Crippen molar-refractivity contribution in [2.45, 2.75) is 32.6 Å². The maximum Gasteiger partial charge on any atom is 0.333 e. The van der Waals surface area contributed by atoms with Gasteiger partial charge in [-0.1, -0.05) is 13.0 Å². The Labute approximate surface area is 138 Å². The summed E-state index contributed by atoms with van der Waals surface area (Å²) in [4.78, 5) is 10.9. The summed E-state index contributed by atoms with van der Waals surface area (Å²) in [6.45, 7) is 7.53. The van der Waals surface area contributed by atoms with Gasteiger partial charge in [0.2, 0.25) is 0 Å². The van der Waals surface area contributed by atoms with Gasteiger partial charge >= 0.3 is 5.97 Å². The summed E-state index contributed by atoms with van der Waals surface area (Å²) in [5, 5.41) is 25.0. The van der Waals surface area contributed by atoms with Crippen LogP contribution < -0.4 is 0 Å². The summed E-state index contributed by atoms with van der Waals surface area (Å²) >= 11 is 0. The van der Waals surface area contributed by atoms with Crippen molar-refractivity contribution in [3.63, 3.8) is 0 Å². The monoisotopic (exact) mass is 336 g/mol. The number of rotatable bonds is 14. The van der Waals surface area contributed by atoms with Crippen LogP contribution in [-0.4, -0.2) is 74.1 Å². The number of aliphatic hydroxyl groups is 3. The van der Waals surface area contributed by atoms with Crippen LogP contribution in [0.25, 0.3) is 0 Å². The van der Waals surface area contributed by atoms with Gasteiger partial charge in [-0.15, -0.1) is 0 Å². The van der Waals surface area contributed by atoms with Crippen LogP contribution in [-0.2, 0) is 19.0 Å². The maximum atomic E-state index is 10.9. The molecule has 0 spiro atoms. The molecule has 3 N–H and O–H groups in total. The van der Waals surface area contributed by atoms with E-state index in [1.54, 1.807) is 6.92 Å². The molecular formula is C16H32O7. The summed E-state index contributed by atoms with van der Waals surface area (Å²) in [7, 11) is 0. The van der Waals surface area contributed by atoms with Crippen LogP contribution in [0.1, 0.15) is 32.6 Å². The fraction of sp³-hybridized carbons (Fsp3) is 0.812. The largest absolute Gasteiger partial charge is 0.462 e. The zero-order valence-electron chi connectivity index (χ0n) is 14.2. The molecule has 0 fully saturated rings. The molecule has 0 aromatic heterocycles. The van der Waals surface area contributed by atoms with E-state index in [9.17, 15) is 4.79 Å². The van der Waals surface area contributed by atoms with E-state index in [1.807, 2.05) is 0 Å². The van der Waals surface area contributed by atoms with E-state index < -0.39 is 0 Å². The molecule has 23 heavy (non-hydrogen) atoms. The molecule has 0 heterocycles. The molecule has 7 heteroatoms. The number of carbonyl (C=O) groups excluding carboxylic acids is 1. The highest BCUT2D eigenvalue weighted by atomic mass is 16.5. The lowest BCUT2D eigenvalue weighted by Crippen LogP contribution is -2.09. The fourth-order valence-corrected chi connectivity index (χ4v) is 1.31. The molecule has 0 amide bonds. The van der Waals surface area contributed by atoms with Crippen molar-refractivity contribution in [1.29, 1.82) is 0 Å². The smallest absolute Gasteiger partial charge is 0.333 e. The molecule has 0 aromatic rings. The first-order chi connectivity index (χ1) is 11.1. The fourth-order valence-electron chi connectivity index (χ4n) is 1.31. The Bertz CT molecular complexity index is 261. The van der Waals surface area contributed by atoms with Gasteiger partial charge < -0.3 is 29.5 Å². The summed E-state index contributed by atoms with van der Waals surface area (Å²) in [5.41, 5.74) is 0.440. The van der Waals surface area contributed by atoms with Gasteiger partial charge in [-0.2, -0.15) is 0 Å². The zero-order chi connectivity index (χ0) is 17.8. The second-order valence-corrected chi connectivity index (χ2v) is 4.73. The molecule has 0 atom stereocenters. The third-order valence-electron chi connectivity index (χ3n) is 2.48. The van der Waals surface area contributed by atoms with Crippen molar-refractivity contribution >= 4 is 5.97 Å². The van der Waals surface area contributed by atoms with Gasteiger partial charge in [0.05, 0.1) is 46.2 Å². The first kappa shape index (κ1) is 24.3. The topological polar surface area (TPSA) is 105 Å². The minimum Gasteiger partial charge on any atom is -0.462 e. The Morgan fingerprint density at radius 1 is 0.783 bits per heavy atom. The Hall–Kier alpha value is -0.990. The third-order valence-corrected chi connectivity index (χ3v) is 2.48.